The van der Waals surface area contributed by atoms with Crippen molar-refractivity contribution in [3.63, 3.8) is 0 Å². The molecule has 3 nitrogen and oxygen atoms in total. The van der Waals surface area contributed by atoms with E-state index < -0.39 is 0 Å². The van der Waals surface area contributed by atoms with Gasteiger partial charge in [0, 0.05) is 19.6 Å². The third-order valence-corrected chi connectivity index (χ3v) is 3.81. The van der Waals surface area contributed by atoms with E-state index in [0.29, 0.717) is 0 Å². The van der Waals surface area contributed by atoms with Gasteiger partial charge in [-0.15, -0.1) is 0 Å². The molecule has 102 valence electrons. The summed E-state index contributed by atoms with van der Waals surface area (Å²) >= 11 is 6.34. The lowest BCUT2D eigenvalue weighted by Gasteiger charge is -2.14. The Hall–Kier alpha value is -1.32. The van der Waals surface area contributed by atoms with Gasteiger partial charge in [0.2, 0.25) is 0 Å². The van der Waals surface area contributed by atoms with E-state index in [0.717, 1.165) is 29.4 Å². The molecule has 4 heteroatoms. The Labute approximate surface area is 119 Å². The predicted octanol–water partition coefficient (Wildman–Crippen LogP) is 3.49. The highest BCUT2D eigenvalue weighted by atomic mass is 35.5. The van der Waals surface area contributed by atoms with Gasteiger partial charge in [0.1, 0.15) is 0 Å². The average Bonchev–Trinajstić information content (AvgIpc) is 2.72. The molecule has 1 aromatic heterocycles. The van der Waals surface area contributed by atoms with Crippen LogP contribution in [0.5, 0.6) is 0 Å². The van der Waals surface area contributed by atoms with Crippen LogP contribution in [0.15, 0.2) is 30.3 Å². The van der Waals surface area contributed by atoms with Crippen molar-refractivity contribution in [2.24, 2.45) is 7.05 Å². The second-order valence-electron chi connectivity index (χ2n) is 4.70. The molecule has 19 heavy (non-hydrogen) atoms. The van der Waals surface area contributed by atoms with Crippen molar-refractivity contribution in [1.29, 1.82) is 0 Å². The summed E-state index contributed by atoms with van der Waals surface area (Å²) in [5.41, 5.74) is 3.28. The molecule has 0 aliphatic heterocycles. The average molecular weight is 278 g/mol. The molecular weight excluding hydrogens is 258 g/mol. The van der Waals surface area contributed by atoms with Crippen LogP contribution in [-0.4, -0.2) is 9.78 Å². The summed E-state index contributed by atoms with van der Waals surface area (Å²) in [6.07, 6.45) is 0.862. The van der Waals surface area contributed by atoms with E-state index in [9.17, 15) is 0 Å². The number of hydrogen-bond acceptors (Lipinski definition) is 2. The van der Waals surface area contributed by atoms with Gasteiger partial charge in [-0.2, -0.15) is 5.10 Å². The van der Waals surface area contributed by atoms with E-state index in [2.05, 4.69) is 48.5 Å². The molecule has 1 unspecified atom stereocenters. The molecule has 0 aliphatic carbocycles. The molecule has 2 aromatic rings. The number of benzene rings is 1. The third-order valence-electron chi connectivity index (χ3n) is 3.38. The molecule has 1 heterocycles. The first-order valence-corrected chi connectivity index (χ1v) is 6.99. The van der Waals surface area contributed by atoms with Crippen molar-refractivity contribution in [3.8, 4) is 0 Å². The van der Waals surface area contributed by atoms with Crippen LogP contribution in [0.4, 0.5) is 0 Å². The molecule has 1 N–H and O–H groups in total. The standard InChI is InChI=1S/C15H20ClN3/c1-4-13-15(16)14(19(3)18-13)10-17-11(2)12-8-6-5-7-9-12/h5-9,11,17H,4,10H2,1-3H3. The number of hydrogen-bond donors (Lipinski definition) is 1. The van der Waals surface area contributed by atoms with Gasteiger partial charge in [-0.05, 0) is 18.9 Å². The van der Waals surface area contributed by atoms with Crippen LogP contribution in [0.2, 0.25) is 5.02 Å². The van der Waals surface area contributed by atoms with Gasteiger partial charge in [-0.3, -0.25) is 4.68 Å². The van der Waals surface area contributed by atoms with Crippen LogP contribution in [0.3, 0.4) is 0 Å². The molecular formula is C15H20ClN3. The zero-order chi connectivity index (χ0) is 13.8. The Kier molecular flexibility index (Phi) is 4.61. The van der Waals surface area contributed by atoms with Crippen LogP contribution in [-0.2, 0) is 20.0 Å². The smallest absolute Gasteiger partial charge is 0.0863 e. The van der Waals surface area contributed by atoms with Crippen LogP contribution < -0.4 is 5.32 Å². The molecule has 0 saturated carbocycles. The maximum atomic E-state index is 6.34. The van der Waals surface area contributed by atoms with Crippen LogP contribution in [0.25, 0.3) is 0 Å². The van der Waals surface area contributed by atoms with E-state index in [1.165, 1.54) is 5.56 Å². The zero-order valence-electron chi connectivity index (χ0n) is 11.7. The van der Waals surface area contributed by atoms with Gasteiger partial charge in [0.25, 0.3) is 0 Å². The van der Waals surface area contributed by atoms with Gasteiger partial charge < -0.3 is 5.32 Å². The first kappa shape index (κ1) is 14.1. The molecule has 0 radical (unpaired) electrons. The fourth-order valence-electron chi connectivity index (χ4n) is 2.12. The summed E-state index contributed by atoms with van der Waals surface area (Å²) in [6, 6.07) is 10.7. The van der Waals surface area contributed by atoms with Crippen molar-refractivity contribution < 1.29 is 0 Å². The molecule has 2 rings (SSSR count). The Morgan fingerprint density at radius 1 is 1.32 bits per heavy atom. The van der Waals surface area contributed by atoms with E-state index in [4.69, 9.17) is 11.6 Å². The molecule has 0 fully saturated rings. The number of aryl methyl sites for hydroxylation is 2. The molecule has 0 aliphatic rings. The Morgan fingerprint density at radius 2 is 2.00 bits per heavy atom. The maximum absolute atomic E-state index is 6.34. The largest absolute Gasteiger partial charge is 0.305 e. The van der Waals surface area contributed by atoms with Crippen molar-refractivity contribution >= 4 is 11.6 Å². The molecule has 1 atom stereocenters. The second-order valence-corrected chi connectivity index (χ2v) is 5.08. The highest BCUT2D eigenvalue weighted by molar-refractivity contribution is 6.31. The van der Waals surface area contributed by atoms with E-state index in [1.807, 2.05) is 17.8 Å². The van der Waals surface area contributed by atoms with Crippen LogP contribution in [0, 0.1) is 0 Å². The van der Waals surface area contributed by atoms with Crippen LogP contribution in [0.1, 0.15) is 36.8 Å². The van der Waals surface area contributed by atoms with Crippen molar-refractivity contribution in [2.45, 2.75) is 32.9 Å². The maximum Gasteiger partial charge on any atom is 0.0863 e. The third kappa shape index (κ3) is 3.17. The summed E-state index contributed by atoms with van der Waals surface area (Å²) < 4.78 is 1.87. The summed E-state index contributed by atoms with van der Waals surface area (Å²) in [7, 11) is 1.94. The fourth-order valence-corrected chi connectivity index (χ4v) is 2.48. The normalized spacial score (nSPS) is 12.6. The van der Waals surface area contributed by atoms with Gasteiger partial charge in [0.15, 0.2) is 0 Å². The summed E-state index contributed by atoms with van der Waals surface area (Å²) in [6.45, 7) is 4.94. The van der Waals surface area contributed by atoms with Gasteiger partial charge >= 0.3 is 0 Å². The summed E-state index contributed by atoms with van der Waals surface area (Å²) in [4.78, 5) is 0. The monoisotopic (exact) mass is 277 g/mol. The summed E-state index contributed by atoms with van der Waals surface area (Å²) in [5.74, 6) is 0. The molecule has 0 spiro atoms. The lowest BCUT2D eigenvalue weighted by Crippen LogP contribution is -2.19. The van der Waals surface area contributed by atoms with Crippen molar-refractivity contribution in [3.05, 3.63) is 52.3 Å². The van der Waals surface area contributed by atoms with E-state index in [-0.39, 0.29) is 6.04 Å². The molecule has 0 bridgehead atoms. The van der Waals surface area contributed by atoms with Gasteiger partial charge in [0.05, 0.1) is 16.4 Å². The predicted molar refractivity (Wildman–Crippen MR) is 79.3 cm³/mol. The van der Waals surface area contributed by atoms with Gasteiger partial charge in [-0.25, -0.2) is 0 Å². The summed E-state index contributed by atoms with van der Waals surface area (Å²) in [5, 5.41) is 8.70. The Balaban J connectivity index is 2.05. The van der Waals surface area contributed by atoms with Gasteiger partial charge in [-0.1, -0.05) is 48.9 Å². The first-order chi connectivity index (χ1) is 9.13. The first-order valence-electron chi connectivity index (χ1n) is 6.62. The van der Waals surface area contributed by atoms with E-state index >= 15 is 0 Å². The van der Waals surface area contributed by atoms with Crippen molar-refractivity contribution in [1.82, 2.24) is 15.1 Å². The zero-order valence-corrected chi connectivity index (χ0v) is 12.4. The minimum Gasteiger partial charge on any atom is -0.305 e. The highest BCUT2D eigenvalue weighted by Crippen LogP contribution is 2.21. The Morgan fingerprint density at radius 3 is 2.58 bits per heavy atom. The number of halogens is 1. The number of rotatable bonds is 5. The number of aromatic nitrogens is 2. The van der Waals surface area contributed by atoms with Crippen LogP contribution >= 0.6 is 11.6 Å². The lowest BCUT2D eigenvalue weighted by atomic mass is 10.1. The topological polar surface area (TPSA) is 29.9 Å². The quantitative estimate of drug-likeness (QED) is 0.907. The lowest BCUT2D eigenvalue weighted by molar-refractivity contribution is 0.548. The minimum atomic E-state index is 0.289. The number of nitrogens with zero attached hydrogens (tertiary/aromatic N) is 2. The molecule has 0 saturated heterocycles. The molecule has 1 aromatic carbocycles. The number of nitrogens with one attached hydrogen (secondary N) is 1. The SMILES string of the molecule is CCc1nn(C)c(CNC(C)c2ccccc2)c1Cl. The second kappa shape index (κ2) is 6.22. The van der Waals surface area contributed by atoms with E-state index in [1.54, 1.807) is 0 Å². The highest BCUT2D eigenvalue weighted by Gasteiger charge is 2.13. The Bertz CT molecular complexity index is 534. The molecule has 0 amide bonds. The fraction of sp³-hybridized carbons (Fsp3) is 0.400. The van der Waals surface area contributed by atoms with Crippen molar-refractivity contribution in [2.75, 3.05) is 0 Å². The minimum absolute atomic E-state index is 0.289.